The first kappa shape index (κ1) is 9.88. The van der Waals surface area contributed by atoms with Crippen LogP contribution in [-0.4, -0.2) is 23.7 Å². The van der Waals surface area contributed by atoms with E-state index in [9.17, 15) is 0 Å². The van der Waals surface area contributed by atoms with Crippen LogP contribution in [0.25, 0.3) is 0 Å². The van der Waals surface area contributed by atoms with Crippen molar-refractivity contribution in [2.24, 2.45) is 0 Å². The Morgan fingerprint density at radius 1 is 1.58 bits per heavy atom. The highest BCUT2D eigenvalue weighted by Crippen LogP contribution is 2.27. The third-order valence-electron chi connectivity index (χ3n) is 1.97. The molecule has 1 atom stereocenters. The van der Waals surface area contributed by atoms with Gasteiger partial charge in [-0.25, -0.2) is 0 Å². The Bertz CT molecular complexity index is 160. The first-order valence-electron chi connectivity index (χ1n) is 4.43. The van der Waals surface area contributed by atoms with Gasteiger partial charge in [0.1, 0.15) is 0 Å². The van der Waals surface area contributed by atoms with Gasteiger partial charge in [0.15, 0.2) is 0 Å². The van der Waals surface area contributed by atoms with Crippen molar-refractivity contribution < 1.29 is 4.74 Å². The maximum atomic E-state index is 8.48. The molecule has 1 heterocycles. The van der Waals surface area contributed by atoms with Crippen LogP contribution < -0.4 is 0 Å². The minimum atomic E-state index is 0.484. The largest absolute Gasteiger partial charge is 0.381 e. The van der Waals surface area contributed by atoms with Crippen molar-refractivity contribution in [2.45, 2.75) is 36.7 Å². The van der Waals surface area contributed by atoms with E-state index in [4.69, 9.17) is 10.00 Å². The zero-order valence-electron chi connectivity index (χ0n) is 7.45. The second-order valence-corrected chi connectivity index (χ2v) is 4.86. The van der Waals surface area contributed by atoms with Gasteiger partial charge in [0.2, 0.25) is 0 Å². The molecule has 0 aromatic rings. The van der Waals surface area contributed by atoms with E-state index in [0.717, 1.165) is 31.3 Å². The Morgan fingerprint density at radius 3 is 2.83 bits per heavy atom. The first-order chi connectivity index (χ1) is 5.83. The maximum Gasteiger partial charge on any atom is 0.0633 e. The molecule has 0 aromatic carbocycles. The number of thioether (sulfide) groups is 1. The third kappa shape index (κ3) is 3.46. The van der Waals surface area contributed by atoms with E-state index in [-0.39, 0.29) is 0 Å². The lowest BCUT2D eigenvalue weighted by molar-refractivity contribution is 0.0999. The molecule has 0 aliphatic carbocycles. The summed E-state index contributed by atoms with van der Waals surface area (Å²) in [4.78, 5) is 0. The van der Waals surface area contributed by atoms with Crippen molar-refractivity contribution >= 4 is 11.8 Å². The molecule has 0 radical (unpaired) electrons. The molecule has 1 fully saturated rings. The van der Waals surface area contributed by atoms with E-state index in [0.29, 0.717) is 11.7 Å². The van der Waals surface area contributed by atoms with Crippen LogP contribution in [0.15, 0.2) is 0 Å². The quantitative estimate of drug-likeness (QED) is 0.675. The van der Waals surface area contributed by atoms with Gasteiger partial charge >= 0.3 is 0 Å². The Labute approximate surface area is 78.3 Å². The summed E-state index contributed by atoms with van der Waals surface area (Å²) in [6.07, 6.45) is 2.98. The van der Waals surface area contributed by atoms with Crippen LogP contribution in [0.1, 0.15) is 26.2 Å². The molecule has 3 heteroatoms. The highest BCUT2D eigenvalue weighted by molar-refractivity contribution is 8.00. The molecule has 0 amide bonds. The van der Waals surface area contributed by atoms with Crippen molar-refractivity contribution in [1.82, 2.24) is 0 Å². The summed E-state index contributed by atoms with van der Waals surface area (Å²) in [5, 5.41) is 9.69. The van der Waals surface area contributed by atoms with Crippen LogP contribution in [0, 0.1) is 11.3 Å². The smallest absolute Gasteiger partial charge is 0.0633 e. The summed E-state index contributed by atoms with van der Waals surface area (Å²) in [5.74, 6) is 0. The fourth-order valence-corrected chi connectivity index (χ4v) is 2.61. The van der Waals surface area contributed by atoms with Gasteiger partial charge in [-0.2, -0.15) is 17.0 Å². The molecule has 12 heavy (non-hydrogen) atoms. The Balaban J connectivity index is 2.16. The van der Waals surface area contributed by atoms with Crippen LogP contribution >= 0.6 is 11.8 Å². The molecule has 0 bridgehead atoms. The molecule has 68 valence electrons. The molecular weight excluding hydrogens is 170 g/mol. The third-order valence-corrected chi connectivity index (χ3v) is 3.46. The van der Waals surface area contributed by atoms with E-state index >= 15 is 0 Å². The molecule has 1 aliphatic heterocycles. The summed E-state index contributed by atoms with van der Waals surface area (Å²) in [6, 6.07) is 2.20. The van der Waals surface area contributed by atoms with Crippen LogP contribution in [0.3, 0.4) is 0 Å². The van der Waals surface area contributed by atoms with Gasteiger partial charge in [0, 0.05) is 30.1 Å². The summed E-state index contributed by atoms with van der Waals surface area (Å²) >= 11 is 1.94. The van der Waals surface area contributed by atoms with E-state index < -0.39 is 0 Å². The standard InChI is InChI=1S/C9H15NOS/c1-8(2-5-10)12-9-3-6-11-7-4-9/h8-9H,2-4,6-7H2,1H3. The van der Waals surface area contributed by atoms with Crippen LogP contribution in [0.5, 0.6) is 0 Å². The van der Waals surface area contributed by atoms with Gasteiger partial charge < -0.3 is 4.74 Å². The van der Waals surface area contributed by atoms with Gasteiger partial charge in [0.25, 0.3) is 0 Å². The van der Waals surface area contributed by atoms with Crippen molar-refractivity contribution in [3.8, 4) is 6.07 Å². The zero-order chi connectivity index (χ0) is 8.81. The fourth-order valence-electron chi connectivity index (χ4n) is 1.32. The van der Waals surface area contributed by atoms with E-state index in [1.165, 1.54) is 0 Å². The van der Waals surface area contributed by atoms with E-state index in [1.54, 1.807) is 0 Å². The van der Waals surface area contributed by atoms with E-state index in [2.05, 4.69) is 13.0 Å². The van der Waals surface area contributed by atoms with Crippen LogP contribution in [0.4, 0.5) is 0 Å². The van der Waals surface area contributed by atoms with Crippen molar-refractivity contribution in [3.63, 3.8) is 0 Å². The molecular formula is C9H15NOS. The molecule has 2 nitrogen and oxygen atoms in total. The van der Waals surface area contributed by atoms with E-state index in [1.807, 2.05) is 11.8 Å². The lowest BCUT2D eigenvalue weighted by Crippen LogP contribution is -2.19. The SMILES string of the molecule is CC(CC#N)SC1CCOCC1. The van der Waals surface area contributed by atoms with Crippen LogP contribution in [0.2, 0.25) is 0 Å². The highest BCUT2D eigenvalue weighted by atomic mass is 32.2. The molecule has 0 spiro atoms. The molecule has 0 saturated carbocycles. The van der Waals surface area contributed by atoms with Crippen molar-refractivity contribution in [3.05, 3.63) is 0 Å². The van der Waals surface area contributed by atoms with Gasteiger partial charge in [-0.05, 0) is 12.8 Å². The maximum absolute atomic E-state index is 8.48. The number of hydrogen-bond acceptors (Lipinski definition) is 3. The monoisotopic (exact) mass is 185 g/mol. The van der Waals surface area contributed by atoms with Crippen molar-refractivity contribution in [1.29, 1.82) is 5.26 Å². The molecule has 1 saturated heterocycles. The molecule has 0 N–H and O–H groups in total. The normalized spacial score (nSPS) is 21.7. The summed E-state index contributed by atoms with van der Waals surface area (Å²) in [5.41, 5.74) is 0. The predicted octanol–water partition coefficient (Wildman–Crippen LogP) is 2.20. The first-order valence-corrected chi connectivity index (χ1v) is 5.37. The Morgan fingerprint density at radius 2 is 2.25 bits per heavy atom. The van der Waals surface area contributed by atoms with Crippen molar-refractivity contribution in [2.75, 3.05) is 13.2 Å². The average Bonchev–Trinajstić information content (AvgIpc) is 2.06. The van der Waals surface area contributed by atoms with Gasteiger partial charge in [0.05, 0.1) is 6.07 Å². The number of nitriles is 1. The summed E-state index contributed by atoms with van der Waals surface area (Å²) < 4.78 is 5.26. The minimum Gasteiger partial charge on any atom is -0.381 e. The average molecular weight is 185 g/mol. The Kier molecular flexibility index (Phi) is 4.49. The fraction of sp³-hybridized carbons (Fsp3) is 0.889. The second-order valence-electron chi connectivity index (χ2n) is 3.12. The number of hydrogen-bond donors (Lipinski definition) is 0. The topological polar surface area (TPSA) is 33.0 Å². The van der Waals surface area contributed by atoms with Gasteiger partial charge in [-0.15, -0.1) is 0 Å². The number of nitrogens with zero attached hydrogens (tertiary/aromatic N) is 1. The highest BCUT2D eigenvalue weighted by Gasteiger charge is 2.16. The summed E-state index contributed by atoms with van der Waals surface area (Å²) in [6.45, 7) is 3.93. The zero-order valence-corrected chi connectivity index (χ0v) is 8.27. The number of ether oxygens (including phenoxy) is 1. The lowest BCUT2D eigenvalue weighted by atomic mass is 10.2. The number of rotatable bonds is 3. The minimum absolute atomic E-state index is 0.484. The predicted molar refractivity (Wildman–Crippen MR) is 51.1 cm³/mol. The van der Waals surface area contributed by atoms with Gasteiger partial charge in [-0.3, -0.25) is 0 Å². The Hall–Kier alpha value is -0.200. The molecule has 0 aromatic heterocycles. The van der Waals surface area contributed by atoms with Gasteiger partial charge in [-0.1, -0.05) is 6.92 Å². The van der Waals surface area contributed by atoms with Crippen LogP contribution in [-0.2, 0) is 4.74 Å². The molecule has 1 rings (SSSR count). The summed E-state index contributed by atoms with van der Waals surface area (Å²) in [7, 11) is 0. The lowest BCUT2D eigenvalue weighted by Gasteiger charge is -2.23. The molecule has 1 unspecified atom stereocenters. The second kappa shape index (κ2) is 5.45. The molecule has 1 aliphatic rings.